The van der Waals surface area contributed by atoms with Crippen molar-refractivity contribution in [2.45, 2.75) is 38.3 Å². The Morgan fingerprint density at radius 1 is 1.40 bits per heavy atom. The van der Waals surface area contributed by atoms with Gasteiger partial charge >= 0.3 is 0 Å². The lowest BCUT2D eigenvalue weighted by Crippen LogP contribution is -2.47. The standard InChI is InChI=1S/C15H24N2O3/c1-3-4-12(10-20-2)17-15(19)14(16)9-11-5-7-13(18)8-6-11/h5-8,12,14,18H,3-4,9-10,16H2,1-2H3,(H,17,19)/t12?,14-/m0/s1. The van der Waals surface area contributed by atoms with Crippen molar-refractivity contribution in [3.8, 4) is 5.75 Å². The van der Waals surface area contributed by atoms with Crippen molar-refractivity contribution >= 4 is 5.91 Å². The third-order valence-corrected chi connectivity index (χ3v) is 3.08. The Hall–Kier alpha value is -1.59. The highest BCUT2D eigenvalue weighted by Crippen LogP contribution is 2.11. The van der Waals surface area contributed by atoms with E-state index in [0.29, 0.717) is 13.0 Å². The van der Waals surface area contributed by atoms with Crippen molar-refractivity contribution < 1.29 is 14.6 Å². The highest BCUT2D eigenvalue weighted by molar-refractivity contribution is 5.82. The van der Waals surface area contributed by atoms with Gasteiger partial charge in [0.1, 0.15) is 5.75 Å². The minimum atomic E-state index is -0.601. The van der Waals surface area contributed by atoms with Crippen LogP contribution in [0.25, 0.3) is 0 Å². The van der Waals surface area contributed by atoms with Crippen LogP contribution < -0.4 is 11.1 Å². The molecule has 4 N–H and O–H groups in total. The van der Waals surface area contributed by atoms with Gasteiger partial charge in [-0.25, -0.2) is 0 Å². The molecule has 0 aliphatic rings. The van der Waals surface area contributed by atoms with E-state index in [1.807, 2.05) is 0 Å². The summed E-state index contributed by atoms with van der Waals surface area (Å²) in [6, 6.07) is 6.11. The summed E-state index contributed by atoms with van der Waals surface area (Å²) in [4.78, 5) is 12.0. The maximum Gasteiger partial charge on any atom is 0.237 e. The van der Waals surface area contributed by atoms with E-state index in [4.69, 9.17) is 10.5 Å². The van der Waals surface area contributed by atoms with E-state index in [9.17, 15) is 9.90 Å². The van der Waals surface area contributed by atoms with Crippen LogP contribution in [-0.2, 0) is 16.0 Å². The Labute approximate surface area is 120 Å². The van der Waals surface area contributed by atoms with Gasteiger partial charge in [0.25, 0.3) is 0 Å². The van der Waals surface area contributed by atoms with Gasteiger partial charge in [-0.1, -0.05) is 25.5 Å². The molecule has 0 fully saturated rings. The number of carbonyl (C=O) groups is 1. The third kappa shape index (κ3) is 5.59. The number of nitrogens with two attached hydrogens (primary N) is 1. The Morgan fingerprint density at radius 3 is 2.60 bits per heavy atom. The lowest BCUT2D eigenvalue weighted by Gasteiger charge is -2.20. The van der Waals surface area contributed by atoms with Crippen LogP contribution in [0.2, 0.25) is 0 Å². The van der Waals surface area contributed by atoms with Crippen LogP contribution in [0.5, 0.6) is 5.75 Å². The first kappa shape index (κ1) is 16.5. The summed E-state index contributed by atoms with van der Waals surface area (Å²) in [5, 5.41) is 12.1. The number of nitrogens with one attached hydrogen (secondary N) is 1. The fourth-order valence-corrected chi connectivity index (χ4v) is 2.03. The van der Waals surface area contributed by atoms with Gasteiger partial charge < -0.3 is 20.9 Å². The number of rotatable bonds is 8. The second-order valence-corrected chi connectivity index (χ2v) is 4.93. The Morgan fingerprint density at radius 2 is 2.05 bits per heavy atom. The van der Waals surface area contributed by atoms with Gasteiger partial charge in [0.2, 0.25) is 5.91 Å². The highest BCUT2D eigenvalue weighted by atomic mass is 16.5. The first-order valence-electron chi connectivity index (χ1n) is 6.89. The lowest BCUT2D eigenvalue weighted by molar-refractivity contribution is -0.123. The van der Waals surface area contributed by atoms with Gasteiger partial charge in [0.05, 0.1) is 18.7 Å². The molecule has 0 aliphatic heterocycles. The number of methoxy groups -OCH3 is 1. The predicted octanol–water partition coefficient (Wildman–Crippen LogP) is 1.19. The average molecular weight is 280 g/mol. The minimum absolute atomic E-state index is 0.00312. The first-order chi connectivity index (χ1) is 9.56. The molecule has 2 atom stereocenters. The molecule has 0 bridgehead atoms. The Bertz CT molecular complexity index is 400. The molecule has 5 nitrogen and oxygen atoms in total. The van der Waals surface area contributed by atoms with Gasteiger partial charge in [0.15, 0.2) is 0 Å². The molecule has 112 valence electrons. The Kier molecular flexibility index (Phi) is 7.04. The van der Waals surface area contributed by atoms with Crippen LogP contribution in [0.15, 0.2) is 24.3 Å². The van der Waals surface area contributed by atoms with Gasteiger partial charge in [-0.2, -0.15) is 0 Å². The summed E-state index contributed by atoms with van der Waals surface area (Å²) in [6.07, 6.45) is 2.28. The zero-order valence-corrected chi connectivity index (χ0v) is 12.1. The maximum atomic E-state index is 12.0. The number of hydrogen-bond donors (Lipinski definition) is 3. The molecule has 0 aromatic heterocycles. The SMILES string of the molecule is CCCC(COC)NC(=O)[C@@H](N)Cc1ccc(O)cc1. The number of ether oxygens (including phenoxy) is 1. The third-order valence-electron chi connectivity index (χ3n) is 3.08. The molecule has 0 spiro atoms. The average Bonchev–Trinajstić information content (AvgIpc) is 2.42. The molecule has 1 aromatic carbocycles. The maximum absolute atomic E-state index is 12.0. The fraction of sp³-hybridized carbons (Fsp3) is 0.533. The van der Waals surface area contributed by atoms with E-state index in [1.54, 1.807) is 31.4 Å². The lowest BCUT2D eigenvalue weighted by atomic mass is 10.1. The minimum Gasteiger partial charge on any atom is -0.508 e. The van der Waals surface area contributed by atoms with Crippen molar-refractivity contribution in [1.29, 1.82) is 0 Å². The fourth-order valence-electron chi connectivity index (χ4n) is 2.03. The number of hydrogen-bond acceptors (Lipinski definition) is 4. The predicted molar refractivity (Wildman–Crippen MR) is 78.5 cm³/mol. The highest BCUT2D eigenvalue weighted by Gasteiger charge is 2.18. The van der Waals surface area contributed by atoms with Crippen LogP contribution in [0.4, 0.5) is 0 Å². The molecule has 5 heteroatoms. The van der Waals surface area contributed by atoms with Crippen LogP contribution in [0, 0.1) is 0 Å². The Balaban J connectivity index is 2.50. The quantitative estimate of drug-likeness (QED) is 0.668. The molecule has 1 amide bonds. The molecule has 1 aromatic rings. The van der Waals surface area contributed by atoms with E-state index in [0.717, 1.165) is 18.4 Å². The van der Waals surface area contributed by atoms with Crippen molar-refractivity contribution in [3.05, 3.63) is 29.8 Å². The van der Waals surface area contributed by atoms with Gasteiger partial charge in [0, 0.05) is 7.11 Å². The number of phenolic OH excluding ortho intramolecular Hbond substituents is 1. The monoisotopic (exact) mass is 280 g/mol. The summed E-state index contributed by atoms with van der Waals surface area (Å²) in [5.41, 5.74) is 6.83. The number of amides is 1. The molecular weight excluding hydrogens is 256 g/mol. The number of phenols is 1. The van der Waals surface area contributed by atoms with Crippen LogP contribution >= 0.6 is 0 Å². The normalized spacial score (nSPS) is 13.8. The molecule has 0 saturated heterocycles. The summed E-state index contributed by atoms with van der Waals surface area (Å²) in [6.45, 7) is 2.55. The van der Waals surface area contributed by atoms with E-state index < -0.39 is 6.04 Å². The molecule has 1 unspecified atom stereocenters. The molecule has 0 heterocycles. The van der Waals surface area contributed by atoms with Crippen LogP contribution in [-0.4, -0.2) is 36.8 Å². The van der Waals surface area contributed by atoms with Crippen LogP contribution in [0.3, 0.4) is 0 Å². The van der Waals surface area contributed by atoms with Gasteiger partial charge in [-0.15, -0.1) is 0 Å². The number of benzene rings is 1. The van der Waals surface area contributed by atoms with Gasteiger partial charge in [-0.05, 0) is 30.5 Å². The number of aromatic hydroxyl groups is 1. The summed E-state index contributed by atoms with van der Waals surface area (Å²) < 4.78 is 5.09. The summed E-state index contributed by atoms with van der Waals surface area (Å²) >= 11 is 0. The molecular formula is C15H24N2O3. The zero-order chi connectivity index (χ0) is 15.0. The molecule has 0 saturated carbocycles. The second-order valence-electron chi connectivity index (χ2n) is 4.93. The van der Waals surface area contributed by atoms with Crippen LogP contribution in [0.1, 0.15) is 25.3 Å². The van der Waals surface area contributed by atoms with Crippen molar-refractivity contribution in [2.75, 3.05) is 13.7 Å². The largest absolute Gasteiger partial charge is 0.508 e. The van der Waals surface area contributed by atoms with Crippen molar-refractivity contribution in [2.24, 2.45) is 5.73 Å². The van der Waals surface area contributed by atoms with Crippen molar-refractivity contribution in [3.63, 3.8) is 0 Å². The summed E-state index contributed by atoms with van der Waals surface area (Å²) in [7, 11) is 1.62. The van der Waals surface area contributed by atoms with E-state index in [1.165, 1.54) is 0 Å². The van der Waals surface area contributed by atoms with Gasteiger partial charge in [-0.3, -0.25) is 4.79 Å². The van der Waals surface area contributed by atoms with E-state index in [2.05, 4.69) is 12.2 Å². The smallest absolute Gasteiger partial charge is 0.237 e. The topological polar surface area (TPSA) is 84.6 Å². The second kappa shape index (κ2) is 8.55. The first-order valence-corrected chi connectivity index (χ1v) is 6.89. The molecule has 1 rings (SSSR count). The van der Waals surface area contributed by atoms with E-state index in [-0.39, 0.29) is 17.7 Å². The number of carbonyl (C=O) groups excluding carboxylic acids is 1. The molecule has 20 heavy (non-hydrogen) atoms. The van der Waals surface area contributed by atoms with Crippen molar-refractivity contribution in [1.82, 2.24) is 5.32 Å². The zero-order valence-electron chi connectivity index (χ0n) is 12.1. The molecule has 0 aliphatic carbocycles. The summed E-state index contributed by atoms with van der Waals surface area (Å²) in [5.74, 6) is 0.0310. The molecule has 0 radical (unpaired) electrons. The van der Waals surface area contributed by atoms with E-state index >= 15 is 0 Å².